The third-order valence-corrected chi connectivity index (χ3v) is 3.29. The third kappa shape index (κ3) is 5.10. The lowest BCUT2D eigenvalue weighted by molar-refractivity contribution is -0.137. The van der Waals surface area contributed by atoms with Crippen LogP contribution in [0, 0.1) is 0 Å². The Morgan fingerprint density at radius 3 is 2.22 bits per heavy atom. The zero-order chi connectivity index (χ0) is 16.9. The smallest absolute Gasteiger partial charge is 0.391 e. The molecule has 0 saturated heterocycles. The van der Waals surface area contributed by atoms with E-state index in [0.29, 0.717) is 6.42 Å². The van der Waals surface area contributed by atoms with Gasteiger partial charge in [0.2, 0.25) is 0 Å². The number of nitrogens with one attached hydrogen (secondary N) is 1. The summed E-state index contributed by atoms with van der Waals surface area (Å²) in [4.78, 5) is 11.9. The minimum Gasteiger partial charge on any atom is -0.391 e. The summed E-state index contributed by atoms with van der Waals surface area (Å²) >= 11 is 0. The van der Waals surface area contributed by atoms with Gasteiger partial charge in [-0.2, -0.15) is 13.2 Å². The largest absolute Gasteiger partial charge is 0.416 e. The van der Waals surface area contributed by atoms with Gasteiger partial charge in [0.25, 0.3) is 5.91 Å². The second-order valence-electron chi connectivity index (χ2n) is 5.13. The fourth-order valence-corrected chi connectivity index (χ4v) is 2.08. The molecule has 0 aliphatic carbocycles. The number of alkyl halides is 3. The van der Waals surface area contributed by atoms with Gasteiger partial charge in [0, 0.05) is 18.5 Å². The van der Waals surface area contributed by atoms with Crippen molar-refractivity contribution in [3.8, 4) is 0 Å². The Hall–Kier alpha value is -2.34. The van der Waals surface area contributed by atoms with Gasteiger partial charge >= 0.3 is 6.18 Å². The summed E-state index contributed by atoms with van der Waals surface area (Å²) in [6, 6.07) is 13.2. The molecule has 3 nitrogen and oxygen atoms in total. The molecule has 2 aromatic rings. The second-order valence-corrected chi connectivity index (χ2v) is 5.13. The zero-order valence-electron chi connectivity index (χ0n) is 12.2. The molecule has 0 spiro atoms. The molecule has 1 atom stereocenters. The molecule has 122 valence electrons. The standard InChI is InChI=1S/C17H16F3NO2/c18-17(19,20)14-8-6-13(7-9-14)16(23)21-11-15(22)10-12-4-2-1-3-5-12/h1-9,15,22H,10-11H2,(H,21,23). The monoisotopic (exact) mass is 323 g/mol. The summed E-state index contributed by atoms with van der Waals surface area (Å²) in [5.41, 5.74) is 0.242. The van der Waals surface area contributed by atoms with Crippen LogP contribution in [-0.4, -0.2) is 23.7 Å². The molecule has 0 saturated carbocycles. The maximum absolute atomic E-state index is 12.4. The van der Waals surface area contributed by atoms with Gasteiger partial charge < -0.3 is 10.4 Å². The van der Waals surface area contributed by atoms with Crippen molar-refractivity contribution in [2.24, 2.45) is 0 Å². The van der Waals surface area contributed by atoms with Crippen molar-refractivity contribution in [3.63, 3.8) is 0 Å². The van der Waals surface area contributed by atoms with Crippen LogP contribution in [0.25, 0.3) is 0 Å². The maximum Gasteiger partial charge on any atom is 0.416 e. The van der Waals surface area contributed by atoms with Crippen LogP contribution in [0.15, 0.2) is 54.6 Å². The van der Waals surface area contributed by atoms with E-state index in [1.807, 2.05) is 30.3 Å². The van der Waals surface area contributed by atoms with Gasteiger partial charge in [0.05, 0.1) is 11.7 Å². The number of benzene rings is 2. The molecule has 0 radical (unpaired) electrons. The molecule has 23 heavy (non-hydrogen) atoms. The molecule has 0 aliphatic heterocycles. The molecule has 2 rings (SSSR count). The number of hydrogen-bond donors (Lipinski definition) is 2. The van der Waals surface area contributed by atoms with Crippen molar-refractivity contribution in [2.45, 2.75) is 18.7 Å². The average Bonchev–Trinajstić information content (AvgIpc) is 2.53. The van der Waals surface area contributed by atoms with E-state index in [0.717, 1.165) is 29.8 Å². The predicted octanol–water partition coefficient (Wildman–Crippen LogP) is 3.04. The summed E-state index contributed by atoms with van der Waals surface area (Å²) in [6.45, 7) is 0.0226. The molecule has 6 heteroatoms. The van der Waals surface area contributed by atoms with Gasteiger partial charge in [-0.25, -0.2) is 0 Å². The van der Waals surface area contributed by atoms with Crippen LogP contribution in [0.3, 0.4) is 0 Å². The highest BCUT2D eigenvalue weighted by Crippen LogP contribution is 2.29. The van der Waals surface area contributed by atoms with Gasteiger partial charge in [-0.3, -0.25) is 4.79 Å². The summed E-state index contributed by atoms with van der Waals surface area (Å²) < 4.78 is 37.3. The quantitative estimate of drug-likeness (QED) is 0.888. The molecule has 0 aromatic heterocycles. The average molecular weight is 323 g/mol. The minimum atomic E-state index is -4.43. The van der Waals surface area contributed by atoms with E-state index < -0.39 is 23.8 Å². The van der Waals surface area contributed by atoms with Gasteiger partial charge in [0.15, 0.2) is 0 Å². The van der Waals surface area contributed by atoms with E-state index in [1.165, 1.54) is 0 Å². The van der Waals surface area contributed by atoms with Crippen LogP contribution in [0.1, 0.15) is 21.5 Å². The Kier molecular flexibility index (Phi) is 5.39. The lowest BCUT2D eigenvalue weighted by atomic mass is 10.1. The first-order valence-electron chi connectivity index (χ1n) is 7.03. The van der Waals surface area contributed by atoms with Crippen molar-refractivity contribution < 1.29 is 23.1 Å². The van der Waals surface area contributed by atoms with E-state index in [2.05, 4.69) is 5.32 Å². The number of hydrogen-bond acceptors (Lipinski definition) is 2. The van der Waals surface area contributed by atoms with E-state index in [-0.39, 0.29) is 12.1 Å². The van der Waals surface area contributed by atoms with Gasteiger partial charge in [-0.1, -0.05) is 30.3 Å². The van der Waals surface area contributed by atoms with Gasteiger partial charge in [-0.05, 0) is 29.8 Å². The molecular weight excluding hydrogens is 307 g/mol. The molecule has 1 unspecified atom stereocenters. The summed E-state index contributed by atoms with van der Waals surface area (Å²) in [7, 11) is 0. The maximum atomic E-state index is 12.4. The fourth-order valence-electron chi connectivity index (χ4n) is 2.08. The Morgan fingerprint density at radius 1 is 1.04 bits per heavy atom. The molecule has 2 N–H and O–H groups in total. The third-order valence-electron chi connectivity index (χ3n) is 3.29. The fraction of sp³-hybridized carbons (Fsp3) is 0.235. The van der Waals surface area contributed by atoms with Gasteiger partial charge in [-0.15, -0.1) is 0 Å². The molecule has 2 aromatic carbocycles. The Labute approximate surface area is 131 Å². The number of carbonyl (C=O) groups excluding carboxylic acids is 1. The van der Waals surface area contributed by atoms with Crippen LogP contribution < -0.4 is 5.32 Å². The number of amides is 1. The van der Waals surface area contributed by atoms with E-state index in [1.54, 1.807) is 0 Å². The molecule has 1 amide bonds. The summed E-state index contributed by atoms with van der Waals surface area (Å²) in [5, 5.41) is 12.4. The van der Waals surface area contributed by atoms with Crippen LogP contribution in [-0.2, 0) is 12.6 Å². The first-order valence-corrected chi connectivity index (χ1v) is 7.03. The van der Waals surface area contributed by atoms with Crippen molar-refractivity contribution >= 4 is 5.91 Å². The molecule has 0 bridgehead atoms. The highest BCUT2D eigenvalue weighted by Gasteiger charge is 2.30. The number of rotatable bonds is 5. The highest BCUT2D eigenvalue weighted by atomic mass is 19.4. The predicted molar refractivity (Wildman–Crippen MR) is 79.9 cm³/mol. The molecule has 0 fully saturated rings. The second kappa shape index (κ2) is 7.28. The number of aliphatic hydroxyl groups is 1. The van der Waals surface area contributed by atoms with Crippen molar-refractivity contribution in [3.05, 3.63) is 71.3 Å². The van der Waals surface area contributed by atoms with Crippen LogP contribution in [0.5, 0.6) is 0 Å². The summed E-state index contributed by atoms with van der Waals surface area (Å²) in [6.07, 6.45) is -4.81. The van der Waals surface area contributed by atoms with E-state index in [4.69, 9.17) is 0 Å². The summed E-state index contributed by atoms with van der Waals surface area (Å²) in [5.74, 6) is -0.522. The Balaban J connectivity index is 1.87. The van der Waals surface area contributed by atoms with Crippen LogP contribution in [0.2, 0.25) is 0 Å². The Morgan fingerprint density at radius 2 is 1.65 bits per heavy atom. The van der Waals surface area contributed by atoms with Crippen molar-refractivity contribution in [2.75, 3.05) is 6.54 Å². The van der Waals surface area contributed by atoms with Crippen molar-refractivity contribution in [1.29, 1.82) is 0 Å². The van der Waals surface area contributed by atoms with E-state index in [9.17, 15) is 23.1 Å². The number of aliphatic hydroxyl groups excluding tert-OH is 1. The highest BCUT2D eigenvalue weighted by molar-refractivity contribution is 5.94. The first-order chi connectivity index (χ1) is 10.9. The lowest BCUT2D eigenvalue weighted by Crippen LogP contribution is -2.33. The minimum absolute atomic E-state index is 0.0226. The van der Waals surface area contributed by atoms with E-state index >= 15 is 0 Å². The van der Waals surface area contributed by atoms with Crippen LogP contribution >= 0.6 is 0 Å². The van der Waals surface area contributed by atoms with Gasteiger partial charge in [0.1, 0.15) is 0 Å². The molecule has 0 aliphatic rings. The van der Waals surface area contributed by atoms with Crippen LogP contribution in [0.4, 0.5) is 13.2 Å². The zero-order valence-corrected chi connectivity index (χ0v) is 12.2. The Bertz CT molecular complexity index is 639. The molecular formula is C17H16F3NO2. The van der Waals surface area contributed by atoms with Crippen molar-refractivity contribution in [1.82, 2.24) is 5.32 Å². The lowest BCUT2D eigenvalue weighted by Gasteiger charge is -2.12. The topological polar surface area (TPSA) is 49.3 Å². The SMILES string of the molecule is O=C(NCC(O)Cc1ccccc1)c1ccc(C(F)(F)F)cc1. The number of halogens is 3. The molecule has 0 heterocycles. The first kappa shape index (κ1) is 17.0. The normalized spacial score (nSPS) is 12.7. The number of carbonyl (C=O) groups is 1.